The van der Waals surface area contributed by atoms with Crippen molar-refractivity contribution >= 4 is 0 Å². The molecule has 2 rings (SSSR count). The Balaban J connectivity index is 1.67. The zero-order valence-electron chi connectivity index (χ0n) is 14.0. The van der Waals surface area contributed by atoms with Crippen LogP contribution in [0.5, 0.6) is 0 Å². The van der Waals surface area contributed by atoms with Crippen molar-refractivity contribution in [1.29, 1.82) is 0 Å². The van der Waals surface area contributed by atoms with E-state index in [2.05, 4.69) is 18.8 Å². The molecule has 1 aromatic rings. The summed E-state index contributed by atoms with van der Waals surface area (Å²) in [5, 5.41) is 0. The fraction of sp³-hybridized carbons (Fsp3) is 0.842. The molecule has 3 atom stereocenters. The van der Waals surface area contributed by atoms with Crippen molar-refractivity contribution < 1.29 is 4.42 Å². The summed E-state index contributed by atoms with van der Waals surface area (Å²) in [5.74, 6) is 3.65. The summed E-state index contributed by atoms with van der Waals surface area (Å²) in [6.07, 6.45) is 18.6. The van der Waals surface area contributed by atoms with E-state index >= 15 is 0 Å². The predicted octanol–water partition coefficient (Wildman–Crippen LogP) is 6.02. The molecular weight excluding hydrogens is 258 g/mol. The van der Waals surface area contributed by atoms with E-state index in [1.54, 1.807) is 12.5 Å². The lowest BCUT2D eigenvalue weighted by atomic mass is 9.89. The van der Waals surface area contributed by atoms with E-state index in [0.29, 0.717) is 0 Å². The third-order valence-corrected chi connectivity index (χ3v) is 5.34. The largest absolute Gasteiger partial charge is 0.449 e. The first kappa shape index (κ1) is 16.6. The molecule has 0 aliphatic heterocycles. The van der Waals surface area contributed by atoms with E-state index in [1.165, 1.54) is 64.2 Å². The van der Waals surface area contributed by atoms with E-state index in [1.807, 2.05) is 0 Å². The third kappa shape index (κ3) is 5.48. The fourth-order valence-corrected chi connectivity index (χ4v) is 4.15. The first-order valence-corrected chi connectivity index (χ1v) is 9.21. The maximum atomic E-state index is 5.42. The van der Waals surface area contributed by atoms with Crippen LogP contribution in [0.1, 0.15) is 83.9 Å². The van der Waals surface area contributed by atoms with Crippen molar-refractivity contribution in [3.8, 4) is 0 Å². The predicted molar refractivity (Wildman–Crippen MR) is 88.2 cm³/mol. The first-order valence-electron chi connectivity index (χ1n) is 9.21. The zero-order chi connectivity index (χ0) is 14.9. The summed E-state index contributed by atoms with van der Waals surface area (Å²) in [6.45, 7) is 4.66. The molecule has 21 heavy (non-hydrogen) atoms. The van der Waals surface area contributed by atoms with Gasteiger partial charge >= 0.3 is 0 Å². The molecule has 1 heterocycles. The lowest BCUT2D eigenvalue weighted by molar-refractivity contribution is 0.342. The molecule has 1 aliphatic rings. The molecule has 0 amide bonds. The van der Waals surface area contributed by atoms with Gasteiger partial charge in [-0.25, -0.2) is 4.98 Å². The second-order valence-electron chi connectivity index (χ2n) is 6.95. The smallest absolute Gasteiger partial charge is 0.194 e. The average Bonchev–Trinajstić information content (AvgIpc) is 3.12. The first-order chi connectivity index (χ1) is 10.3. The summed E-state index contributed by atoms with van der Waals surface area (Å²) in [5.41, 5.74) is 0. The molecule has 0 saturated heterocycles. The number of oxazole rings is 1. The number of unbranched alkanes of at least 4 members (excludes halogenated alkanes) is 5. The number of aromatic nitrogens is 1. The molecule has 1 saturated carbocycles. The van der Waals surface area contributed by atoms with Gasteiger partial charge in [-0.2, -0.15) is 0 Å². The summed E-state index contributed by atoms with van der Waals surface area (Å²) >= 11 is 0. The Morgan fingerprint density at radius 1 is 1.05 bits per heavy atom. The standard InChI is InChI=1S/C19H33NO/c1-3-5-6-7-8-9-10-18-14-16(13-17(18)4-2)15-19-20-11-12-21-19/h11-12,16-18H,3-10,13-15H2,1-2H3. The normalized spacial score (nSPS) is 25.5. The molecule has 120 valence electrons. The van der Waals surface area contributed by atoms with Gasteiger partial charge in [0.15, 0.2) is 5.89 Å². The van der Waals surface area contributed by atoms with Crippen molar-refractivity contribution in [2.75, 3.05) is 0 Å². The Morgan fingerprint density at radius 2 is 1.81 bits per heavy atom. The van der Waals surface area contributed by atoms with Crippen LogP contribution in [0.4, 0.5) is 0 Å². The van der Waals surface area contributed by atoms with Crippen molar-refractivity contribution in [3.05, 3.63) is 18.4 Å². The highest BCUT2D eigenvalue weighted by atomic mass is 16.3. The Hall–Kier alpha value is -0.790. The summed E-state index contributed by atoms with van der Waals surface area (Å²) in [7, 11) is 0. The van der Waals surface area contributed by atoms with E-state index in [0.717, 1.165) is 30.1 Å². The van der Waals surface area contributed by atoms with Gasteiger partial charge in [-0.15, -0.1) is 0 Å². The van der Waals surface area contributed by atoms with Crippen molar-refractivity contribution in [2.45, 2.75) is 84.5 Å². The SMILES string of the molecule is CCCCCCCCC1CC(Cc2ncco2)CC1CC. The lowest BCUT2D eigenvalue weighted by Crippen LogP contribution is -2.06. The van der Waals surface area contributed by atoms with Crippen LogP contribution in [-0.4, -0.2) is 4.98 Å². The van der Waals surface area contributed by atoms with Crippen LogP contribution in [0.15, 0.2) is 16.9 Å². The molecule has 0 spiro atoms. The van der Waals surface area contributed by atoms with Crippen LogP contribution in [0.2, 0.25) is 0 Å². The summed E-state index contributed by atoms with van der Waals surface area (Å²) in [4.78, 5) is 4.29. The molecule has 0 bridgehead atoms. The molecule has 2 nitrogen and oxygen atoms in total. The van der Waals surface area contributed by atoms with Crippen molar-refractivity contribution in [1.82, 2.24) is 4.98 Å². The maximum absolute atomic E-state index is 5.42. The second kappa shape index (κ2) is 9.27. The van der Waals surface area contributed by atoms with Crippen molar-refractivity contribution in [2.24, 2.45) is 17.8 Å². The molecular formula is C19H33NO. The quantitative estimate of drug-likeness (QED) is 0.493. The minimum absolute atomic E-state index is 0.804. The Morgan fingerprint density at radius 3 is 2.52 bits per heavy atom. The average molecular weight is 291 g/mol. The minimum Gasteiger partial charge on any atom is -0.449 e. The van der Waals surface area contributed by atoms with Crippen molar-refractivity contribution in [3.63, 3.8) is 0 Å². The molecule has 0 aromatic carbocycles. The summed E-state index contributed by atoms with van der Waals surface area (Å²) < 4.78 is 5.42. The Labute approximate surface area is 130 Å². The highest BCUT2D eigenvalue weighted by Gasteiger charge is 2.33. The molecule has 0 N–H and O–H groups in total. The van der Waals surface area contributed by atoms with Crippen LogP contribution in [-0.2, 0) is 6.42 Å². The Bertz CT molecular complexity index is 360. The van der Waals surface area contributed by atoms with Crippen LogP contribution < -0.4 is 0 Å². The van der Waals surface area contributed by atoms with E-state index in [4.69, 9.17) is 4.42 Å². The van der Waals surface area contributed by atoms with E-state index < -0.39 is 0 Å². The Kier molecular flexibility index (Phi) is 7.32. The minimum atomic E-state index is 0.804. The number of hydrogen-bond acceptors (Lipinski definition) is 2. The molecule has 1 aromatic heterocycles. The van der Waals surface area contributed by atoms with Crippen LogP contribution >= 0.6 is 0 Å². The van der Waals surface area contributed by atoms with Gasteiger partial charge in [0.2, 0.25) is 0 Å². The van der Waals surface area contributed by atoms with Gasteiger partial charge in [-0.3, -0.25) is 0 Å². The van der Waals surface area contributed by atoms with Gasteiger partial charge in [0.05, 0.1) is 6.20 Å². The maximum Gasteiger partial charge on any atom is 0.194 e. The molecule has 1 aliphatic carbocycles. The number of hydrogen-bond donors (Lipinski definition) is 0. The highest BCUT2D eigenvalue weighted by Crippen LogP contribution is 2.42. The van der Waals surface area contributed by atoms with Gasteiger partial charge in [0.25, 0.3) is 0 Å². The third-order valence-electron chi connectivity index (χ3n) is 5.34. The van der Waals surface area contributed by atoms with Crippen LogP contribution in [0.3, 0.4) is 0 Å². The monoisotopic (exact) mass is 291 g/mol. The van der Waals surface area contributed by atoms with Crippen LogP contribution in [0.25, 0.3) is 0 Å². The lowest BCUT2D eigenvalue weighted by Gasteiger charge is -2.17. The zero-order valence-corrected chi connectivity index (χ0v) is 14.0. The molecule has 3 unspecified atom stereocenters. The number of nitrogens with zero attached hydrogens (tertiary/aromatic N) is 1. The second-order valence-corrected chi connectivity index (χ2v) is 6.95. The number of rotatable bonds is 10. The molecule has 2 heteroatoms. The summed E-state index contributed by atoms with van der Waals surface area (Å²) in [6, 6.07) is 0. The van der Waals surface area contributed by atoms with Gasteiger partial charge < -0.3 is 4.42 Å². The topological polar surface area (TPSA) is 26.0 Å². The fourth-order valence-electron chi connectivity index (χ4n) is 4.15. The van der Waals surface area contributed by atoms with E-state index in [-0.39, 0.29) is 0 Å². The van der Waals surface area contributed by atoms with Gasteiger partial charge in [0.1, 0.15) is 6.26 Å². The van der Waals surface area contributed by atoms with Gasteiger partial charge in [-0.05, 0) is 30.6 Å². The molecule has 1 fully saturated rings. The highest BCUT2D eigenvalue weighted by molar-refractivity contribution is 4.89. The van der Waals surface area contributed by atoms with E-state index in [9.17, 15) is 0 Å². The van der Waals surface area contributed by atoms with Gasteiger partial charge in [0, 0.05) is 6.42 Å². The van der Waals surface area contributed by atoms with Crippen LogP contribution in [0, 0.1) is 17.8 Å². The van der Waals surface area contributed by atoms with Gasteiger partial charge in [-0.1, -0.05) is 65.2 Å². The molecule has 0 radical (unpaired) electrons.